The molecule has 0 radical (unpaired) electrons. The van der Waals surface area contributed by atoms with Crippen molar-refractivity contribution in [2.75, 3.05) is 25.0 Å². The SMILES string of the molecule is CN(CCNC(=O)c1cnc2ccccn2c1=O)c1ccccc1. The van der Waals surface area contributed by atoms with Gasteiger partial charge in [-0.05, 0) is 24.3 Å². The summed E-state index contributed by atoms with van der Waals surface area (Å²) in [5.74, 6) is -0.410. The van der Waals surface area contributed by atoms with E-state index < -0.39 is 5.91 Å². The van der Waals surface area contributed by atoms with E-state index in [0.29, 0.717) is 18.7 Å². The lowest BCUT2D eigenvalue weighted by atomic mass is 10.3. The van der Waals surface area contributed by atoms with Crippen molar-refractivity contribution in [3.05, 3.63) is 76.8 Å². The van der Waals surface area contributed by atoms with Crippen LogP contribution < -0.4 is 15.8 Å². The van der Waals surface area contributed by atoms with Crippen LogP contribution in [0.2, 0.25) is 0 Å². The van der Waals surface area contributed by atoms with Gasteiger partial charge in [-0.3, -0.25) is 14.0 Å². The van der Waals surface area contributed by atoms with E-state index in [2.05, 4.69) is 10.3 Å². The summed E-state index contributed by atoms with van der Waals surface area (Å²) < 4.78 is 1.37. The molecule has 122 valence electrons. The number of rotatable bonds is 5. The predicted octanol–water partition coefficient (Wildman–Crippen LogP) is 1.56. The fraction of sp³-hybridized carbons (Fsp3) is 0.167. The zero-order chi connectivity index (χ0) is 16.9. The van der Waals surface area contributed by atoms with Gasteiger partial charge in [0.2, 0.25) is 0 Å². The first-order chi connectivity index (χ1) is 11.7. The molecule has 3 aromatic rings. The minimum absolute atomic E-state index is 0.0427. The fourth-order valence-corrected chi connectivity index (χ4v) is 2.43. The van der Waals surface area contributed by atoms with Crippen molar-refractivity contribution in [1.82, 2.24) is 14.7 Å². The lowest BCUT2D eigenvalue weighted by molar-refractivity contribution is 0.0952. The number of amides is 1. The average molecular weight is 322 g/mol. The van der Waals surface area contributed by atoms with Crippen LogP contribution in [0.25, 0.3) is 5.65 Å². The minimum atomic E-state index is -0.410. The first-order valence-electron chi connectivity index (χ1n) is 7.67. The molecule has 0 atom stereocenters. The van der Waals surface area contributed by atoms with Gasteiger partial charge in [0.25, 0.3) is 11.5 Å². The number of aromatic nitrogens is 2. The van der Waals surface area contributed by atoms with Crippen LogP contribution in [0.15, 0.2) is 65.7 Å². The highest BCUT2D eigenvalue weighted by Crippen LogP contribution is 2.09. The van der Waals surface area contributed by atoms with E-state index in [1.165, 1.54) is 10.6 Å². The number of hydrogen-bond donors (Lipinski definition) is 1. The van der Waals surface area contributed by atoms with Crippen molar-refractivity contribution in [2.24, 2.45) is 0 Å². The van der Waals surface area contributed by atoms with E-state index in [1.807, 2.05) is 42.3 Å². The number of anilines is 1. The Morgan fingerprint density at radius 1 is 1.17 bits per heavy atom. The van der Waals surface area contributed by atoms with Crippen LogP contribution in [0.3, 0.4) is 0 Å². The number of carbonyl (C=O) groups is 1. The second-order valence-electron chi connectivity index (χ2n) is 5.42. The first-order valence-corrected chi connectivity index (χ1v) is 7.67. The Morgan fingerprint density at radius 2 is 1.92 bits per heavy atom. The van der Waals surface area contributed by atoms with Gasteiger partial charge in [0.1, 0.15) is 11.2 Å². The van der Waals surface area contributed by atoms with E-state index >= 15 is 0 Å². The zero-order valence-electron chi connectivity index (χ0n) is 13.3. The molecule has 0 fully saturated rings. The van der Waals surface area contributed by atoms with E-state index in [4.69, 9.17) is 0 Å². The van der Waals surface area contributed by atoms with Crippen molar-refractivity contribution in [3.8, 4) is 0 Å². The monoisotopic (exact) mass is 322 g/mol. The van der Waals surface area contributed by atoms with E-state index in [0.717, 1.165) is 5.69 Å². The maximum absolute atomic E-state index is 12.3. The van der Waals surface area contributed by atoms with E-state index in [1.54, 1.807) is 24.4 Å². The third-order valence-electron chi connectivity index (χ3n) is 3.79. The van der Waals surface area contributed by atoms with E-state index in [9.17, 15) is 9.59 Å². The number of benzene rings is 1. The smallest absolute Gasteiger partial charge is 0.270 e. The molecule has 0 unspecified atom stereocenters. The summed E-state index contributed by atoms with van der Waals surface area (Å²) in [5.41, 5.74) is 1.26. The molecule has 6 heteroatoms. The lowest BCUT2D eigenvalue weighted by Crippen LogP contribution is -2.36. The summed E-state index contributed by atoms with van der Waals surface area (Å²) in [5, 5.41) is 2.77. The van der Waals surface area contributed by atoms with Crippen molar-refractivity contribution in [3.63, 3.8) is 0 Å². The highest BCUT2D eigenvalue weighted by atomic mass is 16.2. The van der Waals surface area contributed by atoms with Crippen molar-refractivity contribution in [2.45, 2.75) is 0 Å². The molecule has 3 rings (SSSR count). The number of nitrogens with one attached hydrogen (secondary N) is 1. The van der Waals surface area contributed by atoms with Crippen LogP contribution in [0, 0.1) is 0 Å². The maximum atomic E-state index is 12.3. The molecule has 1 N–H and O–H groups in total. The summed E-state index contributed by atoms with van der Waals surface area (Å²) in [4.78, 5) is 30.8. The van der Waals surface area contributed by atoms with Crippen LogP contribution in [-0.4, -0.2) is 35.4 Å². The van der Waals surface area contributed by atoms with Gasteiger partial charge in [0, 0.05) is 38.2 Å². The van der Waals surface area contributed by atoms with Crippen LogP contribution in [0.5, 0.6) is 0 Å². The molecule has 2 aromatic heterocycles. The number of fused-ring (bicyclic) bond motifs is 1. The van der Waals surface area contributed by atoms with Gasteiger partial charge < -0.3 is 10.2 Å². The first kappa shape index (κ1) is 15.7. The summed E-state index contributed by atoms with van der Waals surface area (Å²) in [7, 11) is 1.95. The van der Waals surface area contributed by atoms with E-state index in [-0.39, 0.29) is 11.1 Å². The lowest BCUT2D eigenvalue weighted by Gasteiger charge is -2.19. The molecule has 0 aliphatic carbocycles. The number of carbonyl (C=O) groups excluding carboxylic acids is 1. The Balaban J connectivity index is 1.65. The molecule has 0 aliphatic heterocycles. The fourth-order valence-electron chi connectivity index (χ4n) is 2.43. The van der Waals surface area contributed by atoms with Crippen LogP contribution in [-0.2, 0) is 0 Å². The Bertz CT molecular complexity index is 906. The van der Waals surface area contributed by atoms with Gasteiger partial charge in [0.05, 0.1) is 0 Å². The Morgan fingerprint density at radius 3 is 2.71 bits per heavy atom. The minimum Gasteiger partial charge on any atom is -0.373 e. The van der Waals surface area contributed by atoms with Gasteiger partial charge in [-0.2, -0.15) is 0 Å². The standard InChI is InChI=1S/C18H18N4O2/c1-21(14-7-3-2-4-8-14)12-10-19-17(23)15-13-20-16-9-5-6-11-22(16)18(15)24/h2-9,11,13H,10,12H2,1H3,(H,19,23). The summed E-state index contributed by atoms with van der Waals surface area (Å²) in [6.07, 6.45) is 2.93. The van der Waals surface area contributed by atoms with Crippen molar-refractivity contribution in [1.29, 1.82) is 0 Å². The van der Waals surface area contributed by atoms with Crippen LogP contribution >= 0.6 is 0 Å². The topological polar surface area (TPSA) is 66.7 Å². The largest absolute Gasteiger partial charge is 0.373 e. The Kier molecular flexibility index (Phi) is 4.56. The molecule has 0 aliphatic rings. The highest BCUT2D eigenvalue weighted by Gasteiger charge is 2.12. The molecule has 6 nitrogen and oxygen atoms in total. The van der Waals surface area contributed by atoms with Gasteiger partial charge in [0.15, 0.2) is 0 Å². The molecule has 0 saturated heterocycles. The summed E-state index contributed by atoms with van der Waals surface area (Å²) >= 11 is 0. The van der Waals surface area contributed by atoms with Crippen molar-refractivity contribution < 1.29 is 4.79 Å². The average Bonchev–Trinajstić information content (AvgIpc) is 2.62. The molecule has 0 saturated carbocycles. The van der Waals surface area contributed by atoms with Crippen LogP contribution in [0.1, 0.15) is 10.4 Å². The number of hydrogen-bond acceptors (Lipinski definition) is 4. The van der Waals surface area contributed by atoms with Crippen molar-refractivity contribution >= 4 is 17.2 Å². The second kappa shape index (κ2) is 6.95. The molecule has 0 bridgehead atoms. The summed E-state index contributed by atoms with van der Waals surface area (Å²) in [6, 6.07) is 15.1. The third-order valence-corrected chi connectivity index (χ3v) is 3.79. The molecule has 0 spiro atoms. The second-order valence-corrected chi connectivity index (χ2v) is 5.42. The number of para-hydroxylation sites is 1. The normalized spacial score (nSPS) is 10.5. The van der Waals surface area contributed by atoms with Gasteiger partial charge in [-0.25, -0.2) is 4.98 Å². The number of nitrogens with zero attached hydrogens (tertiary/aromatic N) is 3. The molecular weight excluding hydrogens is 304 g/mol. The molecule has 1 aromatic carbocycles. The summed E-state index contributed by atoms with van der Waals surface area (Å²) in [6.45, 7) is 1.07. The molecule has 24 heavy (non-hydrogen) atoms. The zero-order valence-corrected chi connectivity index (χ0v) is 13.3. The quantitative estimate of drug-likeness (QED) is 0.774. The Labute approximate surface area is 139 Å². The maximum Gasteiger partial charge on any atom is 0.270 e. The molecular formula is C18H18N4O2. The van der Waals surface area contributed by atoms with Gasteiger partial charge >= 0.3 is 0 Å². The highest BCUT2D eigenvalue weighted by molar-refractivity contribution is 5.93. The third kappa shape index (κ3) is 3.27. The Hall–Kier alpha value is -3.15. The molecule has 1 amide bonds. The number of pyridine rings is 1. The van der Waals surface area contributed by atoms with Gasteiger partial charge in [-0.1, -0.05) is 24.3 Å². The molecule has 2 heterocycles. The van der Waals surface area contributed by atoms with Gasteiger partial charge in [-0.15, -0.1) is 0 Å². The number of likely N-dealkylation sites (N-methyl/N-ethyl adjacent to an activating group) is 1. The van der Waals surface area contributed by atoms with Crippen LogP contribution in [0.4, 0.5) is 5.69 Å². The predicted molar refractivity (Wildman–Crippen MR) is 93.5 cm³/mol.